The van der Waals surface area contributed by atoms with Crippen molar-refractivity contribution >= 4 is 17.9 Å². The van der Waals surface area contributed by atoms with Crippen LogP contribution in [0.2, 0.25) is 0 Å². The summed E-state index contributed by atoms with van der Waals surface area (Å²) in [4.78, 5) is 35.2. The highest BCUT2D eigenvalue weighted by molar-refractivity contribution is 5.86. The summed E-state index contributed by atoms with van der Waals surface area (Å²) in [5.41, 5.74) is 5.28. The van der Waals surface area contributed by atoms with Crippen molar-refractivity contribution in [2.24, 2.45) is 11.7 Å². The van der Waals surface area contributed by atoms with E-state index in [1.54, 1.807) is 6.92 Å². The standard InChI is InChI=1S/C12H21N3O4/c1-8(6-10(16)17)7-14-12(19)15-5-3-2-4-9(15)11(13)18/h8-9H,2-7H2,1H3,(H2,13,18)(H,14,19)(H,16,17). The summed E-state index contributed by atoms with van der Waals surface area (Å²) in [7, 11) is 0. The van der Waals surface area contributed by atoms with Crippen LogP contribution in [0, 0.1) is 5.92 Å². The number of carboxylic acids is 1. The highest BCUT2D eigenvalue weighted by Gasteiger charge is 2.30. The molecular weight excluding hydrogens is 250 g/mol. The number of nitrogens with two attached hydrogens (primary N) is 1. The van der Waals surface area contributed by atoms with Crippen LogP contribution in [0.5, 0.6) is 0 Å². The Morgan fingerprint density at radius 3 is 2.68 bits per heavy atom. The molecule has 0 aromatic carbocycles. The van der Waals surface area contributed by atoms with Crippen molar-refractivity contribution in [1.82, 2.24) is 10.2 Å². The summed E-state index contributed by atoms with van der Waals surface area (Å²) >= 11 is 0. The lowest BCUT2D eigenvalue weighted by Crippen LogP contribution is -2.54. The minimum atomic E-state index is -0.894. The van der Waals surface area contributed by atoms with E-state index in [2.05, 4.69) is 5.32 Å². The number of piperidine rings is 1. The van der Waals surface area contributed by atoms with Crippen LogP contribution in [0.15, 0.2) is 0 Å². The lowest BCUT2D eigenvalue weighted by molar-refractivity contribution is -0.137. The van der Waals surface area contributed by atoms with Gasteiger partial charge in [-0.15, -0.1) is 0 Å². The van der Waals surface area contributed by atoms with E-state index in [1.165, 1.54) is 4.90 Å². The van der Waals surface area contributed by atoms with Crippen LogP contribution in [0.1, 0.15) is 32.6 Å². The Bertz CT molecular complexity index is 359. The molecule has 1 rings (SSSR count). The summed E-state index contributed by atoms with van der Waals surface area (Å²) in [6.07, 6.45) is 2.32. The average molecular weight is 271 g/mol. The zero-order chi connectivity index (χ0) is 14.4. The number of nitrogens with zero attached hydrogens (tertiary/aromatic N) is 1. The number of nitrogens with one attached hydrogen (secondary N) is 1. The zero-order valence-electron chi connectivity index (χ0n) is 11.1. The molecule has 0 aromatic heterocycles. The summed E-state index contributed by atoms with van der Waals surface area (Å²) in [5, 5.41) is 11.3. The number of hydrogen-bond donors (Lipinski definition) is 3. The van der Waals surface area contributed by atoms with Gasteiger partial charge in [-0.3, -0.25) is 9.59 Å². The molecule has 1 aliphatic heterocycles. The molecule has 1 fully saturated rings. The summed E-state index contributed by atoms with van der Waals surface area (Å²) in [6, 6.07) is -0.899. The molecule has 7 nitrogen and oxygen atoms in total. The predicted octanol–water partition coefficient (Wildman–Crippen LogP) is 0.147. The van der Waals surface area contributed by atoms with Crippen molar-refractivity contribution in [3.05, 3.63) is 0 Å². The largest absolute Gasteiger partial charge is 0.481 e. The van der Waals surface area contributed by atoms with Crippen LogP contribution >= 0.6 is 0 Å². The molecule has 3 amide bonds. The Morgan fingerprint density at radius 2 is 2.11 bits per heavy atom. The van der Waals surface area contributed by atoms with Crippen LogP contribution in [0.4, 0.5) is 4.79 Å². The van der Waals surface area contributed by atoms with Crippen molar-refractivity contribution < 1.29 is 19.5 Å². The van der Waals surface area contributed by atoms with Gasteiger partial charge in [0.15, 0.2) is 0 Å². The van der Waals surface area contributed by atoms with Crippen LogP contribution in [0.3, 0.4) is 0 Å². The average Bonchev–Trinajstić information content (AvgIpc) is 2.35. The molecule has 0 saturated carbocycles. The molecule has 7 heteroatoms. The van der Waals surface area contributed by atoms with E-state index in [4.69, 9.17) is 10.8 Å². The number of carbonyl (C=O) groups is 3. The molecule has 19 heavy (non-hydrogen) atoms. The molecule has 2 unspecified atom stereocenters. The van der Waals surface area contributed by atoms with Gasteiger partial charge in [0.2, 0.25) is 5.91 Å². The second-order valence-corrected chi connectivity index (χ2v) is 5.00. The van der Waals surface area contributed by atoms with E-state index in [-0.39, 0.29) is 24.9 Å². The van der Waals surface area contributed by atoms with Crippen molar-refractivity contribution in [3.8, 4) is 0 Å². The molecule has 0 aromatic rings. The minimum absolute atomic E-state index is 0.000468. The van der Waals surface area contributed by atoms with Crippen LogP contribution in [0.25, 0.3) is 0 Å². The predicted molar refractivity (Wildman–Crippen MR) is 68.4 cm³/mol. The monoisotopic (exact) mass is 271 g/mol. The van der Waals surface area contributed by atoms with Crippen LogP contribution in [-0.2, 0) is 9.59 Å². The van der Waals surface area contributed by atoms with Gasteiger partial charge < -0.3 is 21.1 Å². The van der Waals surface area contributed by atoms with Gasteiger partial charge in [-0.2, -0.15) is 0 Å². The van der Waals surface area contributed by atoms with Crippen molar-refractivity contribution in [1.29, 1.82) is 0 Å². The number of amides is 3. The van der Waals surface area contributed by atoms with Gasteiger partial charge >= 0.3 is 12.0 Å². The first kappa shape index (κ1) is 15.3. The van der Waals surface area contributed by atoms with Crippen LogP contribution < -0.4 is 11.1 Å². The summed E-state index contributed by atoms with van der Waals surface area (Å²) < 4.78 is 0. The van der Waals surface area contributed by atoms with Gasteiger partial charge in [0, 0.05) is 19.5 Å². The topological polar surface area (TPSA) is 113 Å². The van der Waals surface area contributed by atoms with Crippen molar-refractivity contribution in [2.75, 3.05) is 13.1 Å². The molecule has 0 aliphatic carbocycles. The fraction of sp³-hybridized carbons (Fsp3) is 0.750. The number of urea groups is 1. The van der Waals surface area contributed by atoms with Gasteiger partial charge in [-0.1, -0.05) is 6.92 Å². The molecule has 0 radical (unpaired) electrons. The highest BCUT2D eigenvalue weighted by Crippen LogP contribution is 2.16. The lowest BCUT2D eigenvalue weighted by atomic mass is 10.0. The first-order chi connectivity index (χ1) is 8.91. The van der Waals surface area contributed by atoms with Gasteiger partial charge in [0.25, 0.3) is 0 Å². The summed E-state index contributed by atoms with van der Waals surface area (Å²) in [6.45, 7) is 2.52. The van der Waals surface area contributed by atoms with Crippen molar-refractivity contribution in [3.63, 3.8) is 0 Å². The molecule has 4 N–H and O–H groups in total. The number of carbonyl (C=O) groups excluding carboxylic acids is 2. The van der Waals surface area contributed by atoms with E-state index < -0.39 is 17.9 Å². The maximum Gasteiger partial charge on any atom is 0.318 e. The third-order valence-electron chi connectivity index (χ3n) is 3.22. The number of primary amides is 1. The maximum atomic E-state index is 12.0. The second kappa shape index (κ2) is 6.96. The van der Waals surface area contributed by atoms with Gasteiger partial charge in [-0.05, 0) is 25.2 Å². The Balaban J connectivity index is 2.47. The third-order valence-corrected chi connectivity index (χ3v) is 3.22. The molecule has 108 valence electrons. The van der Waals surface area contributed by atoms with E-state index in [0.29, 0.717) is 13.0 Å². The van der Waals surface area contributed by atoms with E-state index >= 15 is 0 Å². The maximum absolute atomic E-state index is 12.0. The quantitative estimate of drug-likeness (QED) is 0.660. The number of likely N-dealkylation sites (tertiary alicyclic amines) is 1. The van der Waals surface area contributed by atoms with Crippen molar-refractivity contribution in [2.45, 2.75) is 38.6 Å². The molecule has 2 atom stereocenters. The normalized spacial score (nSPS) is 20.7. The molecule has 0 bridgehead atoms. The Labute approximate surface area is 112 Å². The van der Waals surface area contributed by atoms with E-state index in [9.17, 15) is 14.4 Å². The van der Waals surface area contributed by atoms with Gasteiger partial charge in [0.05, 0.1) is 0 Å². The zero-order valence-corrected chi connectivity index (χ0v) is 11.1. The Morgan fingerprint density at radius 1 is 1.42 bits per heavy atom. The van der Waals surface area contributed by atoms with Gasteiger partial charge in [-0.25, -0.2) is 4.79 Å². The molecule has 1 aliphatic rings. The molecule has 1 saturated heterocycles. The first-order valence-corrected chi connectivity index (χ1v) is 6.47. The van der Waals surface area contributed by atoms with E-state index in [0.717, 1.165) is 12.8 Å². The number of hydrogen-bond acceptors (Lipinski definition) is 3. The summed E-state index contributed by atoms with van der Waals surface area (Å²) in [5.74, 6) is -1.54. The van der Waals surface area contributed by atoms with Crippen LogP contribution in [-0.4, -0.2) is 47.0 Å². The van der Waals surface area contributed by atoms with E-state index in [1.807, 2.05) is 0 Å². The third kappa shape index (κ3) is 4.76. The fourth-order valence-corrected chi connectivity index (χ4v) is 2.20. The number of carboxylic acid groups (broad SMARTS) is 1. The molecule has 0 spiro atoms. The second-order valence-electron chi connectivity index (χ2n) is 5.00. The lowest BCUT2D eigenvalue weighted by Gasteiger charge is -2.33. The first-order valence-electron chi connectivity index (χ1n) is 6.47. The smallest absolute Gasteiger partial charge is 0.318 e. The fourth-order valence-electron chi connectivity index (χ4n) is 2.20. The molecular formula is C12H21N3O4. The number of rotatable bonds is 5. The number of aliphatic carboxylic acids is 1. The SMILES string of the molecule is CC(CNC(=O)N1CCCCC1C(N)=O)CC(=O)O. The molecule has 1 heterocycles. The Kier molecular flexibility index (Phi) is 5.59. The highest BCUT2D eigenvalue weighted by atomic mass is 16.4. The minimum Gasteiger partial charge on any atom is -0.481 e. The Hall–Kier alpha value is -1.79. The van der Waals surface area contributed by atoms with Gasteiger partial charge in [0.1, 0.15) is 6.04 Å².